The molecule has 2 aromatic carbocycles. The first kappa shape index (κ1) is 30.8. The van der Waals surface area contributed by atoms with E-state index in [0.717, 1.165) is 69.9 Å². The summed E-state index contributed by atoms with van der Waals surface area (Å²) in [5.41, 5.74) is 5.15. The number of hydrogen-bond acceptors (Lipinski definition) is 8. The van der Waals surface area contributed by atoms with Gasteiger partial charge in [-0.1, -0.05) is 37.3 Å². The largest absolute Gasteiger partial charge is 0.461 e. The van der Waals surface area contributed by atoms with Gasteiger partial charge in [-0.05, 0) is 94.4 Å². The van der Waals surface area contributed by atoms with Crippen LogP contribution in [0, 0.1) is 0 Å². The second-order valence-electron chi connectivity index (χ2n) is 13.4. The fraction of sp³-hybridized carbons (Fsp3) is 0.600. The van der Waals surface area contributed by atoms with Crippen molar-refractivity contribution in [1.82, 2.24) is 20.2 Å². The SMILES string of the molecule is CCc1cccc2cccc(N3CCc4c(nc(OCC56CCCN5CCC6)nc4N4CCCC(NCCCS(=O)O)C4)C3)c12. The molecule has 3 aromatic rings. The maximum absolute atomic E-state index is 11.1. The number of nitrogens with zero attached hydrogens (tertiary/aromatic N) is 5. The van der Waals surface area contributed by atoms with E-state index in [1.54, 1.807) is 0 Å². The zero-order valence-corrected chi connectivity index (χ0v) is 27.5. The molecule has 4 aliphatic rings. The maximum atomic E-state index is 11.1. The molecule has 9 nitrogen and oxygen atoms in total. The van der Waals surface area contributed by atoms with Crippen molar-refractivity contribution in [2.75, 3.05) is 61.4 Å². The summed E-state index contributed by atoms with van der Waals surface area (Å²) in [6.45, 7) is 9.50. The van der Waals surface area contributed by atoms with Crippen molar-refractivity contribution in [3.8, 4) is 6.01 Å². The fourth-order valence-electron chi connectivity index (χ4n) is 8.37. The van der Waals surface area contributed by atoms with Gasteiger partial charge in [0.1, 0.15) is 12.4 Å². The molecule has 45 heavy (non-hydrogen) atoms. The minimum absolute atomic E-state index is 0.142. The Morgan fingerprint density at radius 1 is 1.04 bits per heavy atom. The van der Waals surface area contributed by atoms with E-state index in [4.69, 9.17) is 19.3 Å². The summed E-state index contributed by atoms with van der Waals surface area (Å²) in [6, 6.07) is 14.2. The first-order valence-corrected chi connectivity index (χ1v) is 18.4. The van der Waals surface area contributed by atoms with Crippen molar-refractivity contribution in [2.45, 2.75) is 82.8 Å². The molecular formula is C35H48N6O3S. The molecule has 0 spiro atoms. The summed E-state index contributed by atoms with van der Waals surface area (Å²) in [4.78, 5) is 17.9. The lowest BCUT2D eigenvalue weighted by Crippen LogP contribution is -2.47. The van der Waals surface area contributed by atoms with Crippen LogP contribution in [0.5, 0.6) is 6.01 Å². The zero-order chi connectivity index (χ0) is 30.8. The maximum Gasteiger partial charge on any atom is 0.318 e. The van der Waals surface area contributed by atoms with Gasteiger partial charge in [0.15, 0.2) is 11.1 Å². The number of piperidine rings is 1. The van der Waals surface area contributed by atoms with E-state index < -0.39 is 11.1 Å². The minimum atomic E-state index is -1.73. The van der Waals surface area contributed by atoms with Crippen LogP contribution < -0.4 is 19.9 Å². The van der Waals surface area contributed by atoms with E-state index >= 15 is 0 Å². The highest BCUT2D eigenvalue weighted by molar-refractivity contribution is 7.79. The molecule has 5 heterocycles. The molecule has 0 amide bonds. The Morgan fingerprint density at radius 3 is 2.67 bits per heavy atom. The van der Waals surface area contributed by atoms with Gasteiger partial charge in [-0.15, -0.1) is 0 Å². The molecule has 0 bridgehead atoms. The molecule has 4 aliphatic heterocycles. The number of aryl methyl sites for hydroxylation is 1. The molecule has 0 aliphatic carbocycles. The van der Waals surface area contributed by atoms with Gasteiger partial charge in [0, 0.05) is 42.3 Å². The van der Waals surface area contributed by atoms with Gasteiger partial charge in [0.25, 0.3) is 0 Å². The Bertz CT molecular complexity index is 1520. The minimum Gasteiger partial charge on any atom is -0.461 e. The highest BCUT2D eigenvalue weighted by Gasteiger charge is 2.45. The van der Waals surface area contributed by atoms with Crippen LogP contribution in [0.1, 0.15) is 68.7 Å². The summed E-state index contributed by atoms with van der Waals surface area (Å²) in [7, 11) is 0. The van der Waals surface area contributed by atoms with Crippen molar-refractivity contribution in [3.05, 3.63) is 53.2 Å². The topological polar surface area (TPSA) is 94.1 Å². The lowest BCUT2D eigenvalue weighted by atomic mass is 9.95. The summed E-state index contributed by atoms with van der Waals surface area (Å²) in [6.07, 6.45) is 9.66. The third kappa shape index (κ3) is 6.44. The Balaban J connectivity index is 1.17. The Morgan fingerprint density at radius 2 is 1.87 bits per heavy atom. The van der Waals surface area contributed by atoms with E-state index in [1.807, 2.05) is 0 Å². The highest BCUT2D eigenvalue weighted by atomic mass is 32.2. The number of fused-ring (bicyclic) bond motifs is 3. The zero-order valence-electron chi connectivity index (χ0n) is 26.7. The smallest absolute Gasteiger partial charge is 0.318 e. The Hall–Kier alpha value is -2.79. The lowest BCUT2D eigenvalue weighted by Gasteiger charge is -2.38. The van der Waals surface area contributed by atoms with Gasteiger partial charge in [-0.2, -0.15) is 9.97 Å². The average Bonchev–Trinajstić information content (AvgIpc) is 3.65. The second kappa shape index (κ2) is 13.5. The van der Waals surface area contributed by atoms with Crippen LogP contribution in [0.15, 0.2) is 36.4 Å². The number of rotatable bonds is 11. The van der Waals surface area contributed by atoms with Crippen LogP contribution in [-0.4, -0.2) is 86.8 Å². The molecule has 0 saturated carbocycles. The van der Waals surface area contributed by atoms with Crippen molar-refractivity contribution in [1.29, 1.82) is 0 Å². The molecule has 2 atom stereocenters. The number of anilines is 2. The van der Waals surface area contributed by atoms with E-state index in [-0.39, 0.29) is 5.54 Å². The number of ether oxygens (including phenoxy) is 1. The second-order valence-corrected chi connectivity index (χ2v) is 14.4. The molecule has 1 aromatic heterocycles. The average molecular weight is 633 g/mol. The normalized spacial score (nSPS) is 22.0. The predicted molar refractivity (Wildman–Crippen MR) is 182 cm³/mol. The third-order valence-electron chi connectivity index (χ3n) is 10.6. The standard InChI is InChI=1S/C35H48N6O3S/c1-2-26-9-3-10-27-11-4-13-31(32(26)27)39-21-14-29-30(24-39)37-34(44-25-35-15-6-19-41(35)20-7-16-35)38-33(29)40-18-5-12-28(23-40)36-17-8-22-45(42)43/h3-4,9-11,13,28,36H,2,5-8,12,14-25H2,1H3,(H,42,43). The third-order valence-corrected chi connectivity index (χ3v) is 11.3. The van der Waals surface area contributed by atoms with Crippen molar-refractivity contribution in [2.24, 2.45) is 0 Å². The molecule has 7 rings (SSSR count). The van der Waals surface area contributed by atoms with Gasteiger partial charge in [0.05, 0.1) is 23.5 Å². The summed E-state index contributed by atoms with van der Waals surface area (Å²) in [5.74, 6) is 1.35. The predicted octanol–water partition coefficient (Wildman–Crippen LogP) is 4.93. The van der Waals surface area contributed by atoms with E-state index in [2.05, 4.69) is 63.3 Å². The van der Waals surface area contributed by atoms with Crippen LogP contribution in [0.2, 0.25) is 0 Å². The number of aromatic nitrogens is 2. The van der Waals surface area contributed by atoms with Crippen molar-refractivity contribution in [3.63, 3.8) is 0 Å². The first-order chi connectivity index (χ1) is 22.0. The molecule has 3 saturated heterocycles. The fourth-order valence-corrected chi connectivity index (χ4v) is 8.77. The van der Waals surface area contributed by atoms with Crippen LogP contribution in [0.25, 0.3) is 10.8 Å². The first-order valence-electron chi connectivity index (χ1n) is 17.1. The number of nitrogens with one attached hydrogen (secondary N) is 1. The highest BCUT2D eigenvalue weighted by Crippen LogP contribution is 2.40. The van der Waals surface area contributed by atoms with Crippen molar-refractivity contribution >= 4 is 33.4 Å². The van der Waals surface area contributed by atoms with Crippen LogP contribution in [0.3, 0.4) is 0 Å². The van der Waals surface area contributed by atoms with Crippen molar-refractivity contribution < 1.29 is 13.5 Å². The monoisotopic (exact) mass is 632 g/mol. The molecule has 0 radical (unpaired) electrons. The molecule has 2 N–H and O–H groups in total. The van der Waals surface area contributed by atoms with Gasteiger partial charge in [0.2, 0.25) is 0 Å². The Labute approximate surface area is 270 Å². The van der Waals surface area contributed by atoms with Crippen LogP contribution in [0.4, 0.5) is 11.5 Å². The van der Waals surface area contributed by atoms with Gasteiger partial charge in [-0.25, -0.2) is 4.21 Å². The van der Waals surface area contributed by atoms with Crippen LogP contribution >= 0.6 is 0 Å². The molecule has 3 fully saturated rings. The lowest BCUT2D eigenvalue weighted by molar-refractivity contribution is 0.107. The molecule has 242 valence electrons. The van der Waals surface area contributed by atoms with Crippen LogP contribution in [-0.2, 0) is 30.5 Å². The van der Waals surface area contributed by atoms with Gasteiger partial charge in [-0.3, -0.25) is 4.90 Å². The Kier molecular flexibility index (Phi) is 9.26. The number of benzene rings is 2. The summed E-state index contributed by atoms with van der Waals surface area (Å²) >= 11 is -1.73. The van der Waals surface area contributed by atoms with E-state index in [0.29, 0.717) is 30.8 Å². The molecular weight excluding hydrogens is 584 g/mol. The van der Waals surface area contributed by atoms with Gasteiger partial charge < -0.3 is 24.4 Å². The van der Waals surface area contributed by atoms with Gasteiger partial charge >= 0.3 is 6.01 Å². The summed E-state index contributed by atoms with van der Waals surface area (Å²) < 4.78 is 26.9. The molecule has 2 unspecified atom stereocenters. The number of hydrogen-bond donors (Lipinski definition) is 2. The molecule has 10 heteroatoms. The quantitative estimate of drug-likeness (QED) is 0.225. The summed E-state index contributed by atoms with van der Waals surface area (Å²) in [5, 5.41) is 6.28. The van der Waals surface area contributed by atoms with E-state index in [9.17, 15) is 4.21 Å². The van der Waals surface area contributed by atoms with E-state index in [1.165, 1.54) is 66.4 Å².